The molecule has 1 saturated heterocycles. The molecule has 0 spiro atoms. The van der Waals surface area contributed by atoms with Gasteiger partial charge < -0.3 is 5.32 Å². The van der Waals surface area contributed by atoms with E-state index in [2.05, 4.69) is 29.6 Å². The molecule has 0 aromatic heterocycles. The van der Waals surface area contributed by atoms with Crippen LogP contribution >= 0.6 is 0 Å². The number of fused-ring (bicyclic) bond motifs is 2. The Kier molecular flexibility index (Phi) is 1.66. The van der Waals surface area contributed by atoms with Crippen molar-refractivity contribution >= 4 is 0 Å². The summed E-state index contributed by atoms with van der Waals surface area (Å²) < 4.78 is 0. The third-order valence-electron chi connectivity index (χ3n) is 3.53. The van der Waals surface area contributed by atoms with E-state index in [4.69, 9.17) is 0 Å². The highest BCUT2D eigenvalue weighted by Crippen LogP contribution is 2.30. The third kappa shape index (κ3) is 1.19. The van der Waals surface area contributed by atoms with Crippen LogP contribution in [-0.4, -0.2) is 12.6 Å². The molecule has 0 unspecified atom stereocenters. The molecular formula is C12H15N. The van der Waals surface area contributed by atoms with E-state index in [1.807, 2.05) is 0 Å². The molecule has 3 rings (SSSR count). The van der Waals surface area contributed by atoms with Crippen molar-refractivity contribution in [2.45, 2.75) is 25.3 Å². The van der Waals surface area contributed by atoms with Gasteiger partial charge in [-0.2, -0.15) is 0 Å². The summed E-state index contributed by atoms with van der Waals surface area (Å²) in [6, 6.07) is 9.68. The van der Waals surface area contributed by atoms with Gasteiger partial charge in [-0.15, -0.1) is 0 Å². The first-order valence-corrected chi connectivity index (χ1v) is 5.23. The van der Waals surface area contributed by atoms with Crippen molar-refractivity contribution in [2.24, 2.45) is 5.92 Å². The molecule has 0 radical (unpaired) electrons. The van der Waals surface area contributed by atoms with Crippen molar-refractivity contribution in [2.75, 3.05) is 6.54 Å². The lowest BCUT2D eigenvalue weighted by molar-refractivity contribution is 0.418. The van der Waals surface area contributed by atoms with Gasteiger partial charge in [-0.3, -0.25) is 0 Å². The van der Waals surface area contributed by atoms with Crippen molar-refractivity contribution in [3.63, 3.8) is 0 Å². The Bertz CT molecular complexity index is 288. The Labute approximate surface area is 79.2 Å². The molecule has 13 heavy (non-hydrogen) atoms. The molecule has 0 amide bonds. The zero-order valence-corrected chi connectivity index (χ0v) is 7.79. The Hall–Kier alpha value is -0.820. The summed E-state index contributed by atoms with van der Waals surface area (Å²) in [4.78, 5) is 0. The minimum absolute atomic E-state index is 0.773. The van der Waals surface area contributed by atoms with Crippen LogP contribution in [0.1, 0.15) is 17.5 Å². The molecule has 0 bridgehead atoms. The fraction of sp³-hybridized carbons (Fsp3) is 0.500. The first-order valence-electron chi connectivity index (χ1n) is 5.23. The molecule has 1 aliphatic heterocycles. The quantitative estimate of drug-likeness (QED) is 0.630. The smallest absolute Gasteiger partial charge is 0.0139 e. The van der Waals surface area contributed by atoms with E-state index in [0.29, 0.717) is 0 Å². The third-order valence-corrected chi connectivity index (χ3v) is 3.53. The summed E-state index contributed by atoms with van der Waals surface area (Å²) in [5.74, 6) is 0.912. The molecule has 1 heteroatoms. The van der Waals surface area contributed by atoms with Gasteiger partial charge in [0.15, 0.2) is 0 Å². The van der Waals surface area contributed by atoms with Crippen LogP contribution in [0.2, 0.25) is 0 Å². The Balaban J connectivity index is 1.97. The van der Waals surface area contributed by atoms with E-state index in [1.54, 1.807) is 11.1 Å². The van der Waals surface area contributed by atoms with E-state index in [0.717, 1.165) is 12.0 Å². The monoisotopic (exact) mass is 173 g/mol. The van der Waals surface area contributed by atoms with Gasteiger partial charge in [0.2, 0.25) is 0 Å². The maximum atomic E-state index is 3.60. The van der Waals surface area contributed by atoms with Gasteiger partial charge in [-0.25, -0.2) is 0 Å². The molecule has 2 aliphatic rings. The fourth-order valence-electron chi connectivity index (χ4n) is 2.78. The summed E-state index contributed by atoms with van der Waals surface area (Å²) in [5, 5.41) is 3.60. The molecule has 1 fully saturated rings. The van der Waals surface area contributed by atoms with Crippen LogP contribution < -0.4 is 5.32 Å². The lowest BCUT2D eigenvalue weighted by Crippen LogP contribution is -2.33. The molecule has 0 saturated carbocycles. The van der Waals surface area contributed by atoms with Crippen LogP contribution in [0.15, 0.2) is 24.3 Å². The summed E-state index contributed by atoms with van der Waals surface area (Å²) in [6.07, 6.45) is 3.92. The summed E-state index contributed by atoms with van der Waals surface area (Å²) in [6.45, 7) is 1.23. The predicted octanol–water partition coefficient (Wildman–Crippen LogP) is 1.76. The summed E-state index contributed by atoms with van der Waals surface area (Å²) in [5.41, 5.74) is 3.16. The maximum Gasteiger partial charge on any atom is 0.0139 e. The lowest BCUT2D eigenvalue weighted by Gasteiger charge is -2.27. The lowest BCUT2D eigenvalue weighted by atomic mass is 9.81. The molecule has 1 aliphatic carbocycles. The summed E-state index contributed by atoms with van der Waals surface area (Å²) in [7, 11) is 0. The van der Waals surface area contributed by atoms with Crippen LogP contribution in [0.25, 0.3) is 0 Å². The minimum atomic E-state index is 0.773. The van der Waals surface area contributed by atoms with Crippen LogP contribution in [0.3, 0.4) is 0 Å². The van der Waals surface area contributed by atoms with Gasteiger partial charge in [0.05, 0.1) is 0 Å². The van der Waals surface area contributed by atoms with Crippen LogP contribution in [-0.2, 0) is 12.8 Å². The second kappa shape index (κ2) is 2.85. The minimum Gasteiger partial charge on any atom is -0.313 e. The van der Waals surface area contributed by atoms with Crippen molar-refractivity contribution in [1.82, 2.24) is 5.32 Å². The largest absolute Gasteiger partial charge is 0.313 e. The zero-order valence-electron chi connectivity index (χ0n) is 7.79. The van der Waals surface area contributed by atoms with Crippen molar-refractivity contribution in [1.29, 1.82) is 0 Å². The highest BCUT2D eigenvalue weighted by Gasteiger charge is 2.31. The van der Waals surface area contributed by atoms with E-state index >= 15 is 0 Å². The van der Waals surface area contributed by atoms with Crippen LogP contribution in [0, 0.1) is 5.92 Å². The number of rotatable bonds is 0. The second-order valence-electron chi connectivity index (χ2n) is 4.29. The highest BCUT2D eigenvalue weighted by atomic mass is 15.0. The van der Waals surface area contributed by atoms with Crippen LogP contribution in [0.4, 0.5) is 0 Å². The molecule has 1 nitrogen and oxygen atoms in total. The van der Waals surface area contributed by atoms with Crippen molar-refractivity contribution in [3.05, 3.63) is 35.4 Å². The van der Waals surface area contributed by atoms with Gasteiger partial charge in [0, 0.05) is 6.04 Å². The standard InChI is InChI=1S/C12H15N/c1-2-4-10-8-12-11(5-6-13-12)7-9(10)3-1/h1-4,11-13H,5-8H2/t11-,12+/m0/s1. The normalized spacial score (nSPS) is 31.1. The van der Waals surface area contributed by atoms with Gasteiger partial charge >= 0.3 is 0 Å². The van der Waals surface area contributed by atoms with E-state index in [-0.39, 0.29) is 0 Å². The van der Waals surface area contributed by atoms with Gasteiger partial charge in [-0.05, 0) is 42.9 Å². The average Bonchev–Trinajstić information content (AvgIpc) is 2.61. The Morgan fingerprint density at radius 1 is 1.08 bits per heavy atom. The molecule has 2 atom stereocenters. The van der Waals surface area contributed by atoms with Crippen LogP contribution in [0.5, 0.6) is 0 Å². The predicted molar refractivity (Wildman–Crippen MR) is 53.7 cm³/mol. The zero-order chi connectivity index (χ0) is 8.67. The Morgan fingerprint density at radius 2 is 1.85 bits per heavy atom. The topological polar surface area (TPSA) is 12.0 Å². The fourth-order valence-corrected chi connectivity index (χ4v) is 2.78. The van der Waals surface area contributed by atoms with Gasteiger partial charge in [0.1, 0.15) is 0 Å². The highest BCUT2D eigenvalue weighted by molar-refractivity contribution is 5.31. The molecule has 1 aromatic carbocycles. The SMILES string of the molecule is c1ccc2c(c1)C[C@@H]1CCN[C@@H]1C2. The molecule has 1 aromatic rings. The second-order valence-corrected chi connectivity index (χ2v) is 4.29. The van der Waals surface area contributed by atoms with E-state index in [9.17, 15) is 0 Å². The van der Waals surface area contributed by atoms with E-state index in [1.165, 1.54) is 25.8 Å². The van der Waals surface area contributed by atoms with E-state index < -0.39 is 0 Å². The molecular weight excluding hydrogens is 158 g/mol. The number of nitrogens with one attached hydrogen (secondary N) is 1. The van der Waals surface area contributed by atoms with Gasteiger partial charge in [-0.1, -0.05) is 24.3 Å². The average molecular weight is 173 g/mol. The van der Waals surface area contributed by atoms with Gasteiger partial charge in [0.25, 0.3) is 0 Å². The number of hydrogen-bond acceptors (Lipinski definition) is 1. The molecule has 1 heterocycles. The first-order chi connectivity index (χ1) is 6.43. The maximum absolute atomic E-state index is 3.60. The van der Waals surface area contributed by atoms with Crippen molar-refractivity contribution in [3.8, 4) is 0 Å². The summed E-state index contributed by atoms with van der Waals surface area (Å²) >= 11 is 0. The molecule has 1 N–H and O–H groups in total. The Morgan fingerprint density at radius 3 is 2.69 bits per heavy atom. The first kappa shape index (κ1) is 7.57. The number of benzene rings is 1. The molecule has 68 valence electrons. The number of hydrogen-bond donors (Lipinski definition) is 1. The van der Waals surface area contributed by atoms with Crippen molar-refractivity contribution < 1.29 is 0 Å².